The van der Waals surface area contributed by atoms with Crippen molar-refractivity contribution in [1.29, 1.82) is 5.41 Å². The molecule has 0 aromatic heterocycles. The predicted molar refractivity (Wildman–Crippen MR) is 82.0 cm³/mol. The van der Waals surface area contributed by atoms with Crippen molar-refractivity contribution in [3.63, 3.8) is 0 Å². The minimum absolute atomic E-state index is 0.546. The van der Waals surface area contributed by atoms with E-state index in [0.717, 1.165) is 16.7 Å². The van der Waals surface area contributed by atoms with Gasteiger partial charge in [0.2, 0.25) is 0 Å². The smallest absolute Gasteiger partial charge is 0.108 e. The second kappa shape index (κ2) is 5.39. The summed E-state index contributed by atoms with van der Waals surface area (Å²) in [6, 6.07) is 4.31. The first kappa shape index (κ1) is 13.5. The van der Waals surface area contributed by atoms with Gasteiger partial charge in [0.15, 0.2) is 0 Å². The van der Waals surface area contributed by atoms with Crippen LogP contribution in [-0.4, -0.2) is 11.9 Å². The molecule has 1 aromatic rings. The van der Waals surface area contributed by atoms with Crippen LogP contribution in [0.4, 0.5) is 0 Å². The van der Waals surface area contributed by atoms with E-state index in [2.05, 4.69) is 30.7 Å². The summed E-state index contributed by atoms with van der Waals surface area (Å²) in [7, 11) is 0. The molecule has 0 heterocycles. The molecule has 0 saturated heterocycles. The van der Waals surface area contributed by atoms with E-state index in [1.165, 1.54) is 36.6 Å². The van der Waals surface area contributed by atoms with Crippen molar-refractivity contribution in [2.75, 3.05) is 0 Å². The lowest BCUT2D eigenvalue weighted by atomic mass is 9.76. The third kappa shape index (κ3) is 2.46. The number of aryl methyl sites for hydroxylation is 1. The molecule has 0 spiro atoms. The Balaban J connectivity index is 2.61. The van der Waals surface area contributed by atoms with Crippen molar-refractivity contribution < 1.29 is 0 Å². The number of hydrazone groups is 1. The van der Waals surface area contributed by atoms with Crippen LogP contribution in [0.3, 0.4) is 0 Å². The van der Waals surface area contributed by atoms with Crippen LogP contribution < -0.4 is 5.84 Å². The fraction of sp³-hybridized carbons (Fsp3) is 0.375. The maximum absolute atomic E-state index is 7.48. The third-order valence-electron chi connectivity index (χ3n) is 3.95. The largest absolute Gasteiger partial charge is 0.323 e. The zero-order valence-corrected chi connectivity index (χ0v) is 11.7. The summed E-state index contributed by atoms with van der Waals surface area (Å²) in [5.74, 6) is 6.01. The maximum Gasteiger partial charge on any atom is 0.108 e. The number of nitrogens with one attached hydrogen (secondary N) is 1. The van der Waals surface area contributed by atoms with Gasteiger partial charge in [0.05, 0.1) is 0 Å². The Kier molecular flexibility index (Phi) is 3.84. The lowest BCUT2D eigenvalue weighted by Crippen LogP contribution is -2.17. The summed E-state index contributed by atoms with van der Waals surface area (Å²) in [5.41, 5.74) is 6.21. The van der Waals surface area contributed by atoms with Crippen molar-refractivity contribution in [1.82, 2.24) is 0 Å². The summed E-state index contributed by atoms with van der Waals surface area (Å²) >= 11 is 0. The summed E-state index contributed by atoms with van der Waals surface area (Å²) in [6.07, 6.45) is 4.95. The van der Waals surface area contributed by atoms with E-state index in [-0.39, 0.29) is 0 Å². The molecule has 19 heavy (non-hydrogen) atoms. The van der Waals surface area contributed by atoms with Crippen LogP contribution >= 0.6 is 0 Å². The van der Waals surface area contributed by atoms with Crippen molar-refractivity contribution in [3.8, 4) is 0 Å². The van der Waals surface area contributed by atoms with E-state index in [4.69, 9.17) is 11.3 Å². The van der Waals surface area contributed by atoms with Crippen molar-refractivity contribution >= 4 is 17.5 Å². The molecular formula is C16H21N3. The highest BCUT2D eigenvalue weighted by Crippen LogP contribution is 2.39. The van der Waals surface area contributed by atoms with E-state index in [1.807, 2.05) is 6.92 Å². The first-order valence-corrected chi connectivity index (χ1v) is 6.67. The van der Waals surface area contributed by atoms with E-state index < -0.39 is 0 Å². The van der Waals surface area contributed by atoms with Gasteiger partial charge in [-0.3, -0.25) is 0 Å². The average Bonchev–Trinajstić information content (AvgIpc) is 2.30. The lowest BCUT2D eigenvalue weighted by molar-refractivity contribution is 0.419. The topological polar surface area (TPSA) is 62.2 Å². The maximum atomic E-state index is 7.48. The van der Waals surface area contributed by atoms with Crippen LogP contribution in [0.15, 0.2) is 23.8 Å². The molecule has 1 aliphatic carbocycles. The van der Waals surface area contributed by atoms with E-state index in [9.17, 15) is 0 Å². The summed E-state index contributed by atoms with van der Waals surface area (Å²) in [5, 5.41) is 11.2. The van der Waals surface area contributed by atoms with Crippen LogP contribution in [0, 0.1) is 12.3 Å². The normalized spacial score (nSPS) is 16.0. The molecule has 100 valence electrons. The second-order valence-electron chi connectivity index (χ2n) is 5.32. The van der Waals surface area contributed by atoms with Gasteiger partial charge in [0, 0.05) is 11.8 Å². The fourth-order valence-corrected chi connectivity index (χ4v) is 2.65. The number of nitrogens with zero attached hydrogens (tertiary/aromatic N) is 1. The molecule has 1 fully saturated rings. The number of hydrogen-bond donors (Lipinski definition) is 2. The van der Waals surface area contributed by atoms with Crippen molar-refractivity contribution in [3.05, 3.63) is 41.0 Å². The number of nitrogens with two attached hydrogens (primary N) is 1. The van der Waals surface area contributed by atoms with Gasteiger partial charge in [-0.25, -0.2) is 0 Å². The van der Waals surface area contributed by atoms with Crippen LogP contribution in [-0.2, 0) is 0 Å². The van der Waals surface area contributed by atoms with Gasteiger partial charge in [-0.05, 0) is 55.4 Å². The van der Waals surface area contributed by atoms with Gasteiger partial charge in [-0.1, -0.05) is 24.6 Å². The SMILES string of the molecule is C=C(C)c1cc(/C(C=N)=N/N)c(C2CCC2)cc1C. The zero-order chi connectivity index (χ0) is 14.0. The predicted octanol–water partition coefficient (Wildman–Crippen LogP) is 3.61. The third-order valence-corrected chi connectivity index (χ3v) is 3.95. The van der Waals surface area contributed by atoms with Crippen LogP contribution in [0.1, 0.15) is 54.4 Å². The van der Waals surface area contributed by atoms with E-state index >= 15 is 0 Å². The fourth-order valence-electron chi connectivity index (χ4n) is 2.65. The Morgan fingerprint density at radius 2 is 2.11 bits per heavy atom. The Labute approximate surface area is 114 Å². The molecule has 3 nitrogen and oxygen atoms in total. The molecule has 0 aliphatic heterocycles. The highest BCUT2D eigenvalue weighted by Gasteiger charge is 2.24. The van der Waals surface area contributed by atoms with Gasteiger partial charge in [-0.15, -0.1) is 0 Å². The highest BCUT2D eigenvalue weighted by molar-refractivity contribution is 6.37. The highest BCUT2D eigenvalue weighted by atomic mass is 15.1. The van der Waals surface area contributed by atoms with Gasteiger partial charge in [0.25, 0.3) is 0 Å². The van der Waals surface area contributed by atoms with Crippen LogP contribution in [0.2, 0.25) is 0 Å². The van der Waals surface area contributed by atoms with Gasteiger partial charge in [-0.2, -0.15) is 5.10 Å². The molecule has 0 unspecified atom stereocenters. The molecular weight excluding hydrogens is 234 g/mol. The summed E-state index contributed by atoms with van der Waals surface area (Å²) < 4.78 is 0. The van der Waals surface area contributed by atoms with E-state index in [1.54, 1.807) is 0 Å². The minimum atomic E-state index is 0.546. The molecule has 3 N–H and O–H groups in total. The molecule has 2 rings (SSSR count). The van der Waals surface area contributed by atoms with Gasteiger partial charge < -0.3 is 11.3 Å². The minimum Gasteiger partial charge on any atom is -0.323 e. The second-order valence-corrected chi connectivity index (χ2v) is 5.32. The Hall–Kier alpha value is -1.90. The Bertz CT molecular complexity index is 551. The average molecular weight is 255 g/mol. The molecule has 3 heteroatoms. The first-order valence-electron chi connectivity index (χ1n) is 6.67. The molecule has 1 aliphatic rings. The lowest BCUT2D eigenvalue weighted by Gasteiger charge is -2.29. The number of rotatable bonds is 4. The monoisotopic (exact) mass is 255 g/mol. The zero-order valence-electron chi connectivity index (χ0n) is 11.7. The van der Waals surface area contributed by atoms with Gasteiger partial charge >= 0.3 is 0 Å². The van der Waals surface area contributed by atoms with Crippen molar-refractivity contribution in [2.24, 2.45) is 10.9 Å². The molecule has 0 radical (unpaired) electrons. The number of hydrogen-bond acceptors (Lipinski definition) is 3. The van der Waals surface area contributed by atoms with Crippen molar-refractivity contribution in [2.45, 2.75) is 39.0 Å². The standard InChI is InChI=1S/C16H21N3/c1-10(2)13-8-15(16(9-17)19-18)14(7-11(13)3)12-5-4-6-12/h7-9,12,17H,1,4-6,18H2,2-3H3/b17-9?,19-16+. The molecule has 0 amide bonds. The number of allylic oxidation sites excluding steroid dienone is 1. The van der Waals surface area contributed by atoms with Gasteiger partial charge in [0.1, 0.15) is 5.71 Å². The molecule has 0 bridgehead atoms. The van der Waals surface area contributed by atoms with Crippen LogP contribution in [0.25, 0.3) is 5.57 Å². The Morgan fingerprint density at radius 3 is 2.53 bits per heavy atom. The molecule has 1 saturated carbocycles. The van der Waals surface area contributed by atoms with Crippen LogP contribution in [0.5, 0.6) is 0 Å². The molecule has 0 atom stereocenters. The summed E-state index contributed by atoms with van der Waals surface area (Å²) in [4.78, 5) is 0. The quantitative estimate of drug-likeness (QED) is 0.482. The molecule has 1 aromatic carbocycles. The van der Waals surface area contributed by atoms with E-state index in [0.29, 0.717) is 11.6 Å². The Morgan fingerprint density at radius 1 is 1.42 bits per heavy atom. The summed E-state index contributed by atoms with van der Waals surface area (Å²) in [6.45, 7) is 8.13. The number of benzene rings is 1. The first-order chi connectivity index (χ1) is 9.08.